The van der Waals surface area contributed by atoms with Gasteiger partial charge in [-0.1, -0.05) is 5.21 Å². The summed E-state index contributed by atoms with van der Waals surface area (Å²) in [6.07, 6.45) is 5.48. The first-order chi connectivity index (χ1) is 16.7. The molecule has 0 atom stereocenters. The first-order valence-corrected chi connectivity index (χ1v) is 11.1. The van der Waals surface area contributed by atoms with E-state index in [4.69, 9.17) is 13.9 Å². The molecule has 0 amide bonds. The lowest BCUT2D eigenvalue weighted by Gasteiger charge is -2.08. The van der Waals surface area contributed by atoms with E-state index in [2.05, 4.69) is 20.3 Å². The lowest BCUT2D eigenvalue weighted by atomic mass is 10.2. The monoisotopic (exact) mass is 475 g/mol. The molecular formula is C23H17N5O5S. The fourth-order valence-electron chi connectivity index (χ4n) is 3.29. The number of fused-ring (bicyclic) bond motifs is 1. The third kappa shape index (κ3) is 4.16. The predicted octanol–water partition coefficient (Wildman–Crippen LogP) is 3.68. The van der Waals surface area contributed by atoms with E-state index in [0.29, 0.717) is 45.2 Å². The topological polar surface area (TPSA) is 122 Å². The van der Waals surface area contributed by atoms with Gasteiger partial charge in [0.1, 0.15) is 33.5 Å². The van der Waals surface area contributed by atoms with Crippen LogP contribution in [0.3, 0.4) is 0 Å². The molecule has 4 heterocycles. The van der Waals surface area contributed by atoms with Crippen LogP contribution in [0.5, 0.6) is 11.6 Å². The molecule has 4 aromatic heterocycles. The Morgan fingerprint density at radius 3 is 2.88 bits per heavy atom. The fourth-order valence-corrected chi connectivity index (χ4v) is 4.11. The lowest BCUT2D eigenvalue weighted by Crippen LogP contribution is -2.15. The zero-order valence-corrected chi connectivity index (χ0v) is 18.7. The SMILES string of the molecule is CCOc1ccc2cc(-n3nncc3COc3nc(-c4cccnc4)sc3C=O)c(=O)oc2c1. The minimum absolute atomic E-state index is 0.0230. The molecule has 5 aromatic rings. The van der Waals surface area contributed by atoms with Crippen LogP contribution in [0.15, 0.2) is 64.2 Å². The number of aldehydes is 1. The Labute approximate surface area is 196 Å². The van der Waals surface area contributed by atoms with Gasteiger partial charge in [-0.2, -0.15) is 0 Å². The number of aromatic nitrogens is 5. The number of pyridine rings is 1. The zero-order chi connectivity index (χ0) is 23.5. The van der Waals surface area contributed by atoms with E-state index in [-0.39, 0.29) is 18.2 Å². The summed E-state index contributed by atoms with van der Waals surface area (Å²) in [5.41, 5.74) is 1.24. The molecule has 1 aromatic carbocycles. The Balaban J connectivity index is 1.42. The van der Waals surface area contributed by atoms with E-state index >= 15 is 0 Å². The molecule has 0 N–H and O–H groups in total. The van der Waals surface area contributed by atoms with E-state index < -0.39 is 5.63 Å². The maximum Gasteiger partial charge on any atom is 0.362 e. The molecule has 0 saturated carbocycles. The molecule has 34 heavy (non-hydrogen) atoms. The Kier molecular flexibility index (Phi) is 5.83. The average molecular weight is 475 g/mol. The van der Waals surface area contributed by atoms with Crippen molar-refractivity contribution in [3.8, 4) is 27.9 Å². The Hall–Kier alpha value is -4.38. The molecule has 0 aliphatic carbocycles. The summed E-state index contributed by atoms with van der Waals surface area (Å²) < 4.78 is 18.1. The first kappa shape index (κ1) is 21.5. The highest BCUT2D eigenvalue weighted by Gasteiger charge is 2.17. The van der Waals surface area contributed by atoms with Gasteiger partial charge in [0.15, 0.2) is 12.0 Å². The van der Waals surface area contributed by atoms with Gasteiger partial charge in [0.05, 0.1) is 12.8 Å². The van der Waals surface area contributed by atoms with Crippen molar-refractivity contribution in [1.82, 2.24) is 25.0 Å². The number of hydrogen-bond acceptors (Lipinski definition) is 10. The van der Waals surface area contributed by atoms with Gasteiger partial charge in [0, 0.05) is 29.4 Å². The van der Waals surface area contributed by atoms with Crippen molar-refractivity contribution in [2.75, 3.05) is 6.61 Å². The molecule has 0 fully saturated rings. The van der Waals surface area contributed by atoms with Gasteiger partial charge in [0.2, 0.25) is 5.88 Å². The number of benzene rings is 1. The highest BCUT2D eigenvalue weighted by atomic mass is 32.1. The second-order valence-corrected chi connectivity index (χ2v) is 8.06. The number of carbonyl (C=O) groups is 1. The van der Waals surface area contributed by atoms with Gasteiger partial charge in [0.25, 0.3) is 0 Å². The van der Waals surface area contributed by atoms with Crippen LogP contribution in [0.25, 0.3) is 27.2 Å². The Morgan fingerprint density at radius 1 is 1.18 bits per heavy atom. The average Bonchev–Trinajstić information content (AvgIpc) is 3.50. The lowest BCUT2D eigenvalue weighted by molar-refractivity contribution is 0.112. The first-order valence-electron chi connectivity index (χ1n) is 10.3. The highest BCUT2D eigenvalue weighted by molar-refractivity contribution is 7.16. The van der Waals surface area contributed by atoms with Gasteiger partial charge in [-0.05, 0) is 37.3 Å². The Morgan fingerprint density at radius 2 is 2.09 bits per heavy atom. The summed E-state index contributed by atoms with van der Waals surface area (Å²) in [6.45, 7) is 2.36. The molecule has 0 aliphatic rings. The molecule has 0 spiro atoms. The van der Waals surface area contributed by atoms with Crippen molar-refractivity contribution < 1.29 is 18.7 Å². The second kappa shape index (κ2) is 9.24. The number of thiazole rings is 1. The molecular weight excluding hydrogens is 458 g/mol. The molecule has 0 saturated heterocycles. The van der Waals surface area contributed by atoms with Crippen LogP contribution in [0.2, 0.25) is 0 Å². The number of rotatable bonds is 8. The van der Waals surface area contributed by atoms with Crippen LogP contribution in [-0.2, 0) is 6.61 Å². The summed E-state index contributed by atoms with van der Waals surface area (Å²) in [5, 5.41) is 9.23. The molecule has 5 rings (SSSR count). The largest absolute Gasteiger partial charge is 0.494 e. The van der Waals surface area contributed by atoms with E-state index in [1.807, 2.05) is 13.0 Å². The third-order valence-electron chi connectivity index (χ3n) is 4.84. The molecule has 170 valence electrons. The molecule has 10 nitrogen and oxygen atoms in total. The maximum absolute atomic E-state index is 12.7. The van der Waals surface area contributed by atoms with Gasteiger partial charge >= 0.3 is 5.63 Å². The van der Waals surface area contributed by atoms with Crippen LogP contribution in [-0.4, -0.2) is 37.9 Å². The minimum Gasteiger partial charge on any atom is -0.494 e. The van der Waals surface area contributed by atoms with E-state index in [9.17, 15) is 9.59 Å². The van der Waals surface area contributed by atoms with Crippen LogP contribution < -0.4 is 15.1 Å². The molecule has 0 radical (unpaired) electrons. The van der Waals surface area contributed by atoms with Crippen LogP contribution >= 0.6 is 11.3 Å². The summed E-state index contributed by atoms with van der Waals surface area (Å²) >= 11 is 1.20. The van der Waals surface area contributed by atoms with Crippen molar-refractivity contribution >= 4 is 28.6 Å². The quantitative estimate of drug-likeness (QED) is 0.244. The van der Waals surface area contributed by atoms with E-state index in [1.54, 1.807) is 42.7 Å². The normalized spacial score (nSPS) is 11.0. The third-order valence-corrected chi connectivity index (χ3v) is 5.85. The predicted molar refractivity (Wildman–Crippen MR) is 124 cm³/mol. The standard InChI is InChI=1S/C23H17N5O5S/c1-2-31-17-6-5-14-8-18(23(30)33-19(14)9-17)28-16(11-25-27-28)13-32-21-20(12-29)34-22(26-21)15-4-3-7-24-10-15/h3-12H,2,13H2,1H3. The van der Waals surface area contributed by atoms with Crippen LogP contribution in [0.1, 0.15) is 22.3 Å². The van der Waals surface area contributed by atoms with Gasteiger partial charge in [-0.25, -0.2) is 14.5 Å². The van der Waals surface area contributed by atoms with Gasteiger partial charge < -0.3 is 13.9 Å². The zero-order valence-electron chi connectivity index (χ0n) is 17.9. The summed E-state index contributed by atoms with van der Waals surface area (Å²) in [6, 6.07) is 10.6. The minimum atomic E-state index is -0.589. The van der Waals surface area contributed by atoms with Gasteiger partial charge in [-0.15, -0.1) is 16.4 Å². The van der Waals surface area contributed by atoms with Crippen molar-refractivity contribution in [2.24, 2.45) is 0 Å². The van der Waals surface area contributed by atoms with E-state index in [1.165, 1.54) is 22.2 Å². The van der Waals surface area contributed by atoms with Crippen molar-refractivity contribution in [3.63, 3.8) is 0 Å². The summed E-state index contributed by atoms with van der Waals surface area (Å²) in [5.74, 6) is 0.793. The molecule has 11 heteroatoms. The number of nitrogens with zero attached hydrogens (tertiary/aromatic N) is 5. The van der Waals surface area contributed by atoms with Gasteiger partial charge in [-0.3, -0.25) is 9.78 Å². The van der Waals surface area contributed by atoms with Crippen LogP contribution in [0.4, 0.5) is 0 Å². The second-order valence-electron chi connectivity index (χ2n) is 7.03. The number of ether oxygens (including phenoxy) is 2. The van der Waals surface area contributed by atoms with Crippen molar-refractivity contribution in [1.29, 1.82) is 0 Å². The fraction of sp³-hybridized carbons (Fsp3) is 0.130. The maximum atomic E-state index is 12.7. The number of carbonyl (C=O) groups excluding carboxylic acids is 1. The molecule has 0 unspecified atom stereocenters. The van der Waals surface area contributed by atoms with E-state index in [0.717, 1.165) is 5.56 Å². The molecule has 0 aliphatic heterocycles. The smallest absolute Gasteiger partial charge is 0.362 e. The molecule has 0 bridgehead atoms. The van der Waals surface area contributed by atoms with Crippen LogP contribution in [0, 0.1) is 0 Å². The Bertz CT molecular complexity index is 1530. The highest BCUT2D eigenvalue weighted by Crippen LogP contribution is 2.31. The van der Waals surface area contributed by atoms with Crippen molar-refractivity contribution in [3.05, 3.63) is 76.0 Å². The number of hydrogen-bond donors (Lipinski definition) is 0. The van der Waals surface area contributed by atoms with Crippen molar-refractivity contribution in [2.45, 2.75) is 13.5 Å². The summed E-state index contributed by atoms with van der Waals surface area (Å²) in [4.78, 5) is 33.1. The summed E-state index contributed by atoms with van der Waals surface area (Å²) in [7, 11) is 0.